The van der Waals surface area contributed by atoms with E-state index in [-0.39, 0.29) is 4.90 Å². The van der Waals surface area contributed by atoms with E-state index in [0.29, 0.717) is 16.1 Å². The van der Waals surface area contributed by atoms with Gasteiger partial charge in [0.1, 0.15) is 0 Å². The zero-order chi connectivity index (χ0) is 10.2. The van der Waals surface area contributed by atoms with Crippen molar-refractivity contribution in [2.75, 3.05) is 6.26 Å². The molecule has 0 aromatic heterocycles. The summed E-state index contributed by atoms with van der Waals surface area (Å²) in [7, 11) is -3.18. The van der Waals surface area contributed by atoms with Crippen LogP contribution >= 0.6 is 11.6 Å². The molecule has 1 radical (unpaired) electrons. The van der Waals surface area contributed by atoms with E-state index in [4.69, 9.17) is 11.6 Å². The lowest BCUT2D eigenvalue weighted by Gasteiger charge is -2.07. The summed E-state index contributed by atoms with van der Waals surface area (Å²) in [5, 5.41) is 0.419. The molecule has 0 spiro atoms. The highest BCUT2D eigenvalue weighted by Crippen LogP contribution is 2.25. The Morgan fingerprint density at radius 3 is 2.38 bits per heavy atom. The van der Waals surface area contributed by atoms with Crippen LogP contribution in [0.4, 0.5) is 0 Å². The maximum Gasteiger partial charge on any atom is 0.175 e. The Morgan fingerprint density at radius 1 is 1.38 bits per heavy atom. The lowest BCUT2D eigenvalue weighted by atomic mass is 10.1. The lowest BCUT2D eigenvalue weighted by molar-refractivity contribution is 0.601. The Kier molecular flexibility index (Phi) is 2.68. The molecule has 0 saturated heterocycles. The van der Waals surface area contributed by atoms with Crippen LogP contribution in [0.1, 0.15) is 11.1 Å². The van der Waals surface area contributed by atoms with Crippen LogP contribution in [0.3, 0.4) is 0 Å². The van der Waals surface area contributed by atoms with Crippen molar-refractivity contribution in [2.45, 2.75) is 11.8 Å². The molecule has 0 N–H and O–H groups in total. The van der Waals surface area contributed by atoms with Gasteiger partial charge < -0.3 is 0 Å². The van der Waals surface area contributed by atoms with E-state index in [9.17, 15) is 8.42 Å². The average Bonchev–Trinajstić information content (AvgIpc) is 1.98. The minimum Gasteiger partial charge on any atom is -0.224 e. The molecule has 0 atom stereocenters. The predicted molar refractivity (Wildman–Crippen MR) is 53.8 cm³/mol. The van der Waals surface area contributed by atoms with E-state index in [2.05, 4.69) is 6.92 Å². The third-order valence-electron chi connectivity index (χ3n) is 1.82. The number of halogens is 1. The Morgan fingerprint density at radius 2 is 1.92 bits per heavy atom. The average molecular weight is 218 g/mol. The van der Waals surface area contributed by atoms with Crippen molar-refractivity contribution >= 4 is 21.4 Å². The summed E-state index contributed by atoms with van der Waals surface area (Å²) in [4.78, 5) is 0.268. The number of hydrogen-bond donors (Lipinski definition) is 0. The summed E-state index contributed by atoms with van der Waals surface area (Å²) >= 11 is 5.86. The first-order valence-electron chi connectivity index (χ1n) is 3.65. The first-order valence-corrected chi connectivity index (χ1v) is 5.92. The highest BCUT2D eigenvalue weighted by atomic mass is 35.5. The normalized spacial score (nSPS) is 11.7. The maximum absolute atomic E-state index is 11.2. The highest BCUT2D eigenvalue weighted by molar-refractivity contribution is 7.90. The molecule has 0 fully saturated rings. The standard InChI is InChI=1S/C9H10ClO2S/c1-6-4-5-8(13(3,11)12)7(2)9(6)10/h4-5H,1H2,2-3H3. The van der Waals surface area contributed by atoms with Crippen molar-refractivity contribution in [3.8, 4) is 0 Å². The molecule has 0 bridgehead atoms. The molecule has 1 aromatic carbocycles. The fraction of sp³-hybridized carbons (Fsp3) is 0.222. The van der Waals surface area contributed by atoms with Gasteiger partial charge in [0, 0.05) is 11.3 Å². The van der Waals surface area contributed by atoms with Gasteiger partial charge in [-0.1, -0.05) is 17.7 Å². The van der Waals surface area contributed by atoms with Crippen LogP contribution in [0, 0.1) is 13.8 Å². The van der Waals surface area contributed by atoms with Crippen LogP contribution in [0.2, 0.25) is 5.02 Å². The Labute approximate surface area is 83.5 Å². The number of hydrogen-bond acceptors (Lipinski definition) is 2. The van der Waals surface area contributed by atoms with Crippen molar-refractivity contribution in [1.29, 1.82) is 0 Å². The molecule has 13 heavy (non-hydrogen) atoms. The summed E-state index contributed by atoms with van der Waals surface area (Å²) in [6.07, 6.45) is 1.16. The summed E-state index contributed by atoms with van der Waals surface area (Å²) in [6.45, 7) is 5.35. The molecule has 0 unspecified atom stereocenters. The topological polar surface area (TPSA) is 34.1 Å². The zero-order valence-electron chi connectivity index (χ0n) is 7.46. The quantitative estimate of drug-likeness (QED) is 0.723. The predicted octanol–water partition coefficient (Wildman–Crippen LogP) is 2.23. The number of rotatable bonds is 1. The second-order valence-corrected chi connectivity index (χ2v) is 5.30. The smallest absolute Gasteiger partial charge is 0.175 e. The Hall–Kier alpha value is -0.540. The van der Waals surface area contributed by atoms with Crippen LogP contribution in [-0.4, -0.2) is 14.7 Å². The van der Waals surface area contributed by atoms with Crippen molar-refractivity contribution in [2.24, 2.45) is 0 Å². The molecule has 1 aromatic rings. The van der Waals surface area contributed by atoms with Crippen molar-refractivity contribution < 1.29 is 8.42 Å². The molecule has 0 saturated carbocycles. The maximum atomic E-state index is 11.2. The highest BCUT2D eigenvalue weighted by Gasteiger charge is 2.13. The SMILES string of the molecule is [CH2]c1ccc(S(C)(=O)=O)c(C)c1Cl. The molecule has 2 nitrogen and oxygen atoms in total. The molecule has 1 rings (SSSR count). The molecule has 0 aliphatic heterocycles. The van der Waals surface area contributed by atoms with E-state index in [1.165, 1.54) is 6.07 Å². The van der Waals surface area contributed by atoms with Gasteiger partial charge in [0.15, 0.2) is 9.84 Å². The Balaban J connectivity index is 3.53. The minimum atomic E-state index is -3.18. The van der Waals surface area contributed by atoms with Crippen LogP contribution in [0.15, 0.2) is 17.0 Å². The second-order valence-electron chi connectivity index (χ2n) is 2.93. The first kappa shape index (κ1) is 10.5. The lowest BCUT2D eigenvalue weighted by Crippen LogP contribution is -2.00. The van der Waals surface area contributed by atoms with Gasteiger partial charge >= 0.3 is 0 Å². The fourth-order valence-electron chi connectivity index (χ4n) is 1.13. The van der Waals surface area contributed by atoms with Crippen LogP contribution in [0.25, 0.3) is 0 Å². The van der Waals surface area contributed by atoms with E-state index < -0.39 is 9.84 Å². The van der Waals surface area contributed by atoms with Crippen molar-refractivity contribution in [1.82, 2.24) is 0 Å². The third kappa shape index (κ3) is 2.03. The van der Waals surface area contributed by atoms with Gasteiger partial charge in [0.05, 0.1) is 4.90 Å². The largest absolute Gasteiger partial charge is 0.224 e. The van der Waals surface area contributed by atoms with Crippen molar-refractivity contribution in [3.63, 3.8) is 0 Å². The van der Waals surface area contributed by atoms with E-state index in [1.54, 1.807) is 13.0 Å². The summed E-state index contributed by atoms with van der Waals surface area (Å²) in [5.41, 5.74) is 1.21. The molecule has 0 aliphatic rings. The van der Waals surface area contributed by atoms with E-state index in [1.807, 2.05) is 0 Å². The third-order valence-corrected chi connectivity index (χ3v) is 3.58. The second kappa shape index (κ2) is 3.31. The van der Waals surface area contributed by atoms with Gasteiger partial charge in [-0.05, 0) is 31.0 Å². The molecule has 71 valence electrons. The first-order chi connectivity index (χ1) is 5.84. The van der Waals surface area contributed by atoms with Gasteiger partial charge in [0.2, 0.25) is 0 Å². The molecule has 0 aliphatic carbocycles. The summed E-state index contributed by atoms with van der Waals surface area (Å²) in [5.74, 6) is 0. The van der Waals surface area contributed by atoms with Crippen LogP contribution in [-0.2, 0) is 9.84 Å². The van der Waals surface area contributed by atoms with Crippen molar-refractivity contribution in [3.05, 3.63) is 35.2 Å². The summed E-state index contributed by atoms with van der Waals surface area (Å²) < 4.78 is 22.5. The molecule has 0 heterocycles. The van der Waals surface area contributed by atoms with Gasteiger partial charge in [0.25, 0.3) is 0 Å². The molecular formula is C9H10ClO2S. The fourth-order valence-corrected chi connectivity index (χ4v) is 2.32. The van der Waals surface area contributed by atoms with Gasteiger partial charge in [-0.15, -0.1) is 0 Å². The minimum absolute atomic E-state index is 0.268. The van der Waals surface area contributed by atoms with Gasteiger partial charge in [-0.3, -0.25) is 0 Å². The molecule has 4 heteroatoms. The van der Waals surface area contributed by atoms with Gasteiger partial charge in [-0.2, -0.15) is 0 Å². The van der Waals surface area contributed by atoms with Crippen LogP contribution < -0.4 is 0 Å². The van der Waals surface area contributed by atoms with E-state index in [0.717, 1.165) is 6.26 Å². The van der Waals surface area contributed by atoms with Crippen LogP contribution in [0.5, 0.6) is 0 Å². The number of sulfone groups is 1. The molecule has 0 amide bonds. The Bertz CT molecular complexity index is 435. The monoisotopic (exact) mass is 217 g/mol. The molecular weight excluding hydrogens is 208 g/mol. The number of benzene rings is 1. The summed E-state index contributed by atoms with van der Waals surface area (Å²) in [6, 6.07) is 3.13. The van der Waals surface area contributed by atoms with E-state index >= 15 is 0 Å². The zero-order valence-corrected chi connectivity index (χ0v) is 9.04. The van der Waals surface area contributed by atoms with Gasteiger partial charge in [-0.25, -0.2) is 8.42 Å².